The Bertz CT molecular complexity index is 587. The molecule has 1 aromatic carbocycles. The summed E-state index contributed by atoms with van der Waals surface area (Å²) >= 11 is 0. The van der Waals surface area contributed by atoms with Crippen molar-refractivity contribution in [2.24, 2.45) is 0 Å². The lowest BCUT2D eigenvalue weighted by Gasteiger charge is -2.35. The van der Waals surface area contributed by atoms with Crippen LogP contribution in [0.15, 0.2) is 42.5 Å². The summed E-state index contributed by atoms with van der Waals surface area (Å²) in [7, 11) is 0. The van der Waals surface area contributed by atoms with Crippen LogP contribution >= 0.6 is 0 Å². The molecule has 3 atom stereocenters. The Kier molecular flexibility index (Phi) is 7.05. The van der Waals surface area contributed by atoms with Crippen LogP contribution in [0.5, 0.6) is 5.75 Å². The van der Waals surface area contributed by atoms with Gasteiger partial charge in [-0.05, 0) is 31.4 Å². The first-order valence-electron chi connectivity index (χ1n) is 9.39. The molecule has 0 unspecified atom stereocenters. The molecule has 1 aliphatic carbocycles. The third-order valence-corrected chi connectivity index (χ3v) is 4.89. The van der Waals surface area contributed by atoms with Gasteiger partial charge in [0.1, 0.15) is 18.0 Å². The van der Waals surface area contributed by atoms with Crippen LogP contribution in [0.1, 0.15) is 19.3 Å². The lowest BCUT2D eigenvalue weighted by atomic mass is 9.89. The number of morpholine rings is 1. The van der Waals surface area contributed by atoms with Gasteiger partial charge in [-0.3, -0.25) is 9.69 Å². The summed E-state index contributed by atoms with van der Waals surface area (Å²) < 4.78 is 11.2. The van der Waals surface area contributed by atoms with E-state index in [-0.39, 0.29) is 18.1 Å². The van der Waals surface area contributed by atoms with Crippen molar-refractivity contribution in [2.75, 3.05) is 32.8 Å². The van der Waals surface area contributed by atoms with E-state index in [2.05, 4.69) is 10.2 Å². The number of benzene rings is 1. The molecule has 0 spiro atoms. The number of rotatable bonds is 6. The fraction of sp³-hybridized carbons (Fsp3) is 0.550. The summed E-state index contributed by atoms with van der Waals surface area (Å²) in [6.07, 6.45) is 4.89. The number of aliphatic hydroxyl groups is 1. The number of nitrogens with zero attached hydrogens (tertiary/aromatic N) is 1. The number of carbonyl (C=O) groups is 1. The van der Waals surface area contributed by atoms with Crippen LogP contribution in [0.25, 0.3) is 0 Å². The molecule has 0 radical (unpaired) electrons. The molecule has 2 N–H and O–H groups in total. The molecule has 0 aromatic heterocycles. The van der Waals surface area contributed by atoms with E-state index in [9.17, 15) is 9.90 Å². The molecule has 3 rings (SSSR count). The van der Waals surface area contributed by atoms with Gasteiger partial charge in [-0.15, -0.1) is 0 Å². The monoisotopic (exact) mass is 360 g/mol. The SMILES string of the molecule is O=C(/C=C/CN1CCOCC1)N[C@@H]1CCC[C@@H](Oc2ccccc2)[C@@H]1O. The Balaban J connectivity index is 1.46. The van der Waals surface area contributed by atoms with Crippen LogP contribution in [0.2, 0.25) is 0 Å². The van der Waals surface area contributed by atoms with E-state index < -0.39 is 6.10 Å². The third kappa shape index (κ3) is 5.56. The summed E-state index contributed by atoms with van der Waals surface area (Å²) in [6, 6.07) is 9.22. The minimum Gasteiger partial charge on any atom is -0.488 e. The van der Waals surface area contributed by atoms with Crippen LogP contribution < -0.4 is 10.1 Å². The number of carbonyl (C=O) groups excluding carboxylic acids is 1. The second-order valence-corrected chi connectivity index (χ2v) is 6.82. The molecule has 26 heavy (non-hydrogen) atoms. The maximum absolute atomic E-state index is 12.2. The molecule has 6 heteroatoms. The van der Waals surface area contributed by atoms with Crippen LogP contribution in [-0.2, 0) is 9.53 Å². The summed E-state index contributed by atoms with van der Waals surface area (Å²) in [5, 5.41) is 13.5. The zero-order valence-corrected chi connectivity index (χ0v) is 15.0. The number of nitrogens with one attached hydrogen (secondary N) is 1. The highest BCUT2D eigenvalue weighted by atomic mass is 16.5. The molecule has 2 fully saturated rings. The van der Waals surface area contributed by atoms with Gasteiger partial charge in [0.25, 0.3) is 0 Å². The first-order chi connectivity index (χ1) is 12.7. The highest BCUT2D eigenvalue weighted by Crippen LogP contribution is 2.24. The highest BCUT2D eigenvalue weighted by molar-refractivity contribution is 5.87. The number of amides is 1. The van der Waals surface area contributed by atoms with Crippen LogP contribution in [-0.4, -0.2) is 67.0 Å². The molecule has 1 saturated heterocycles. The van der Waals surface area contributed by atoms with Gasteiger partial charge in [0.15, 0.2) is 0 Å². The standard InChI is InChI=1S/C20H28N2O4/c23-19(10-5-11-22-12-14-25-15-13-22)21-17-8-4-9-18(20(17)24)26-16-6-2-1-3-7-16/h1-3,5-7,10,17-18,20,24H,4,8-9,11-15H2,(H,21,23)/b10-5+/t17-,18-,20-/m1/s1. The largest absolute Gasteiger partial charge is 0.488 e. The van der Waals surface area contributed by atoms with Crippen molar-refractivity contribution in [3.8, 4) is 5.75 Å². The molecular formula is C20H28N2O4. The summed E-state index contributed by atoms with van der Waals surface area (Å²) in [5.41, 5.74) is 0. The molecule has 6 nitrogen and oxygen atoms in total. The Hall–Kier alpha value is -1.89. The maximum Gasteiger partial charge on any atom is 0.244 e. The normalized spacial score (nSPS) is 27.3. The van der Waals surface area contributed by atoms with Crippen molar-refractivity contribution < 1.29 is 19.4 Å². The summed E-state index contributed by atoms with van der Waals surface area (Å²) in [5.74, 6) is 0.580. The summed E-state index contributed by atoms with van der Waals surface area (Å²) in [4.78, 5) is 14.4. The van der Waals surface area contributed by atoms with Gasteiger partial charge < -0.3 is 19.9 Å². The van der Waals surface area contributed by atoms with Crippen LogP contribution in [0.4, 0.5) is 0 Å². The molecule has 1 heterocycles. The quantitative estimate of drug-likeness (QED) is 0.750. The average Bonchev–Trinajstić information content (AvgIpc) is 2.67. The van der Waals surface area contributed by atoms with E-state index >= 15 is 0 Å². The van der Waals surface area contributed by atoms with Gasteiger partial charge in [0, 0.05) is 25.7 Å². The minimum atomic E-state index is -0.708. The Morgan fingerprint density at radius 2 is 2.04 bits per heavy atom. The topological polar surface area (TPSA) is 71.0 Å². The first kappa shape index (κ1) is 18.9. The van der Waals surface area contributed by atoms with Crippen LogP contribution in [0.3, 0.4) is 0 Å². The van der Waals surface area contributed by atoms with E-state index in [4.69, 9.17) is 9.47 Å². The smallest absolute Gasteiger partial charge is 0.244 e. The van der Waals surface area contributed by atoms with Crippen molar-refractivity contribution in [3.63, 3.8) is 0 Å². The number of para-hydroxylation sites is 1. The Labute approximate surface area is 154 Å². The van der Waals surface area contributed by atoms with E-state index in [1.807, 2.05) is 36.4 Å². The molecule has 1 aromatic rings. The minimum absolute atomic E-state index is 0.164. The molecule has 2 aliphatic rings. The molecule has 1 aliphatic heterocycles. The Morgan fingerprint density at radius 3 is 2.81 bits per heavy atom. The number of hydrogen-bond donors (Lipinski definition) is 2. The molecule has 142 valence electrons. The van der Waals surface area contributed by atoms with Crippen LogP contribution in [0, 0.1) is 0 Å². The van der Waals surface area contributed by atoms with Crippen molar-refractivity contribution in [1.82, 2.24) is 10.2 Å². The van der Waals surface area contributed by atoms with Crippen molar-refractivity contribution >= 4 is 5.91 Å². The van der Waals surface area contributed by atoms with Crippen molar-refractivity contribution in [2.45, 2.75) is 37.5 Å². The molecule has 0 bridgehead atoms. The van der Waals surface area contributed by atoms with E-state index in [0.717, 1.165) is 57.9 Å². The van der Waals surface area contributed by atoms with Gasteiger partial charge >= 0.3 is 0 Å². The van der Waals surface area contributed by atoms with Crippen molar-refractivity contribution in [1.29, 1.82) is 0 Å². The van der Waals surface area contributed by atoms with Gasteiger partial charge in [-0.25, -0.2) is 0 Å². The van der Waals surface area contributed by atoms with Gasteiger partial charge in [-0.1, -0.05) is 24.3 Å². The lowest BCUT2D eigenvalue weighted by molar-refractivity contribution is -0.119. The molecule has 1 amide bonds. The first-order valence-corrected chi connectivity index (χ1v) is 9.39. The molecular weight excluding hydrogens is 332 g/mol. The third-order valence-electron chi connectivity index (χ3n) is 4.89. The predicted octanol–water partition coefficient (Wildman–Crippen LogP) is 1.35. The van der Waals surface area contributed by atoms with Gasteiger partial charge in [-0.2, -0.15) is 0 Å². The van der Waals surface area contributed by atoms with Gasteiger partial charge in [0.2, 0.25) is 5.91 Å². The van der Waals surface area contributed by atoms with E-state index in [1.54, 1.807) is 6.08 Å². The predicted molar refractivity (Wildman–Crippen MR) is 99.0 cm³/mol. The number of hydrogen-bond acceptors (Lipinski definition) is 5. The zero-order valence-electron chi connectivity index (χ0n) is 15.0. The van der Waals surface area contributed by atoms with E-state index in [0.29, 0.717) is 0 Å². The zero-order chi connectivity index (χ0) is 18.2. The fourth-order valence-electron chi connectivity index (χ4n) is 3.42. The maximum atomic E-state index is 12.2. The second kappa shape index (κ2) is 9.71. The van der Waals surface area contributed by atoms with E-state index in [1.165, 1.54) is 0 Å². The van der Waals surface area contributed by atoms with Crippen molar-refractivity contribution in [3.05, 3.63) is 42.5 Å². The lowest BCUT2D eigenvalue weighted by Crippen LogP contribution is -2.52. The number of aliphatic hydroxyl groups excluding tert-OH is 1. The van der Waals surface area contributed by atoms with Gasteiger partial charge in [0.05, 0.1) is 19.3 Å². The summed E-state index contributed by atoms with van der Waals surface area (Å²) in [6.45, 7) is 4.02. The Morgan fingerprint density at radius 1 is 1.27 bits per heavy atom. The highest BCUT2D eigenvalue weighted by Gasteiger charge is 2.34. The fourth-order valence-corrected chi connectivity index (χ4v) is 3.42. The number of ether oxygens (including phenoxy) is 2. The molecule has 1 saturated carbocycles. The second-order valence-electron chi connectivity index (χ2n) is 6.82. The average molecular weight is 360 g/mol.